The Morgan fingerprint density at radius 2 is 2.20 bits per heavy atom. The third-order valence-electron chi connectivity index (χ3n) is 3.68. The average molecular weight is 337 g/mol. The van der Waals surface area contributed by atoms with Gasteiger partial charge in [-0.3, -0.25) is 10.1 Å². The lowest BCUT2D eigenvalue weighted by atomic mass is 9.95. The summed E-state index contributed by atoms with van der Waals surface area (Å²) in [5.74, 6) is 0. The fourth-order valence-corrected chi connectivity index (χ4v) is 3.09. The first-order valence-corrected chi connectivity index (χ1v) is 7.19. The third kappa shape index (κ3) is 2.14. The van der Waals surface area contributed by atoms with Crippen LogP contribution in [0.5, 0.6) is 0 Å². The van der Waals surface area contributed by atoms with Crippen LogP contribution in [-0.4, -0.2) is 14.6 Å². The summed E-state index contributed by atoms with van der Waals surface area (Å²) < 4.78 is 2.39. The molecule has 104 valence electrons. The van der Waals surface area contributed by atoms with Crippen molar-refractivity contribution in [3.8, 4) is 5.69 Å². The van der Waals surface area contributed by atoms with E-state index < -0.39 is 11.0 Å². The number of nitrogens with zero attached hydrogens (tertiary/aromatic N) is 2. The van der Waals surface area contributed by atoms with E-state index in [1.54, 1.807) is 12.1 Å². The van der Waals surface area contributed by atoms with Gasteiger partial charge in [0, 0.05) is 23.5 Å². The van der Waals surface area contributed by atoms with Crippen molar-refractivity contribution in [2.75, 3.05) is 0 Å². The molecule has 1 heterocycles. The Bertz CT molecular complexity index is 681. The van der Waals surface area contributed by atoms with Crippen molar-refractivity contribution in [2.45, 2.75) is 25.4 Å². The first-order chi connectivity index (χ1) is 9.58. The number of benzene rings is 1. The second-order valence-electron chi connectivity index (χ2n) is 4.89. The van der Waals surface area contributed by atoms with E-state index in [0.717, 1.165) is 36.2 Å². The topological polar surface area (TPSA) is 68.3 Å². The van der Waals surface area contributed by atoms with Crippen LogP contribution in [0, 0.1) is 10.1 Å². The SMILES string of the molecule is O=[N+]([O-])c1cc(-n2ccc3c2CCCC3O)ccc1Br. The number of aromatic nitrogens is 1. The Morgan fingerprint density at radius 1 is 1.40 bits per heavy atom. The maximum atomic E-state index is 11.0. The number of hydrogen-bond donors (Lipinski definition) is 1. The highest BCUT2D eigenvalue weighted by molar-refractivity contribution is 9.10. The molecule has 1 aromatic carbocycles. The van der Waals surface area contributed by atoms with E-state index in [0.29, 0.717) is 4.47 Å². The maximum Gasteiger partial charge on any atom is 0.285 e. The second-order valence-corrected chi connectivity index (χ2v) is 5.74. The molecule has 20 heavy (non-hydrogen) atoms. The predicted octanol–water partition coefficient (Wildman–Crippen LogP) is 3.52. The fourth-order valence-electron chi connectivity index (χ4n) is 2.70. The van der Waals surface area contributed by atoms with Gasteiger partial charge in [-0.25, -0.2) is 0 Å². The van der Waals surface area contributed by atoms with Gasteiger partial charge in [0.1, 0.15) is 0 Å². The molecule has 1 aliphatic carbocycles. The number of aliphatic hydroxyl groups excluding tert-OH is 1. The van der Waals surface area contributed by atoms with Crippen LogP contribution in [0.25, 0.3) is 5.69 Å². The zero-order chi connectivity index (χ0) is 14.3. The van der Waals surface area contributed by atoms with Gasteiger partial charge in [-0.1, -0.05) is 0 Å². The molecule has 0 aliphatic heterocycles. The summed E-state index contributed by atoms with van der Waals surface area (Å²) in [5, 5.41) is 21.0. The molecule has 0 bridgehead atoms. The molecule has 1 atom stereocenters. The summed E-state index contributed by atoms with van der Waals surface area (Å²) >= 11 is 3.19. The zero-order valence-electron chi connectivity index (χ0n) is 10.6. The smallest absolute Gasteiger partial charge is 0.285 e. The molecule has 5 nitrogen and oxygen atoms in total. The van der Waals surface area contributed by atoms with Crippen LogP contribution in [0.1, 0.15) is 30.2 Å². The van der Waals surface area contributed by atoms with Crippen LogP contribution < -0.4 is 0 Å². The minimum Gasteiger partial charge on any atom is -0.388 e. The second kappa shape index (κ2) is 5.03. The first kappa shape index (κ1) is 13.3. The van der Waals surface area contributed by atoms with Gasteiger partial charge in [-0.05, 0) is 53.4 Å². The number of aliphatic hydroxyl groups is 1. The lowest BCUT2D eigenvalue weighted by molar-refractivity contribution is -0.385. The molecule has 6 heteroatoms. The van der Waals surface area contributed by atoms with E-state index in [1.807, 2.05) is 22.9 Å². The molecule has 0 spiro atoms. The maximum absolute atomic E-state index is 11.0. The van der Waals surface area contributed by atoms with E-state index in [2.05, 4.69) is 15.9 Å². The predicted molar refractivity (Wildman–Crippen MR) is 78.0 cm³/mol. The van der Waals surface area contributed by atoms with Gasteiger partial charge in [-0.15, -0.1) is 0 Å². The molecular formula is C14H13BrN2O3. The molecule has 1 unspecified atom stereocenters. The number of hydrogen-bond acceptors (Lipinski definition) is 3. The highest BCUT2D eigenvalue weighted by Crippen LogP contribution is 2.34. The minimum atomic E-state index is -0.426. The molecule has 2 aromatic rings. The van der Waals surface area contributed by atoms with E-state index >= 15 is 0 Å². The normalized spacial score (nSPS) is 17.8. The van der Waals surface area contributed by atoms with Crippen LogP contribution >= 0.6 is 15.9 Å². The Kier molecular flexibility index (Phi) is 3.35. The van der Waals surface area contributed by atoms with Crippen molar-refractivity contribution in [3.05, 3.63) is 56.3 Å². The van der Waals surface area contributed by atoms with Crippen LogP contribution in [0.2, 0.25) is 0 Å². The molecule has 0 radical (unpaired) electrons. The van der Waals surface area contributed by atoms with Crippen molar-refractivity contribution in [1.82, 2.24) is 4.57 Å². The molecule has 0 saturated heterocycles. The zero-order valence-corrected chi connectivity index (χ0v) is 12.2. The first-order valence-electron chi connectivity index (χ1n) is 6.40. The summed E-state index contributed by atoms with van der Waals surface area (Å²) in [6.45, 7) is 0. The van der Waals surface area contributed by atoms with Crippen molar-refractivity contribution < 1.29 is 10.0 Å². The average Bonchev–Trinajstić information content (AvgIpc) is 2.84. The molecular weight excluding hydrogens is 324 g/mol. The molecule has 3 rings (SSSR count). The van der Waals surface area contributed by atoms with Gasteiger partial charge in [-0.2, -0.15) is 0 Å². The summed E-state index contributed by atoms with van der Waals surface area (Å²) in [7, 11) is 0. The van der Waals surface area contributed by atoms with E-state index in [4.69, 9.17) is 0 Å². The van der Waals surface area contributed by atoms with Crippen LogP contribution in [-0.2, 0) is 6.42 Å². The monoisotopic (exact) mass is 336 g/mol. The summed E-state index contributed by atoms with van der Waals surface area (Å²) in [5.41, 5.74) is 2.76. The quantitative estimate of drug-likeness (QED) is 0.673. The lowest BCUT2D eigenvalue weighted by Crippen LogP contribution is -2.11. The molecule has 1 aromatic heterocycles. The van der Waals surface area contributed by atoms with Gasteiger partial charge in [0.25, 0.3) is 5.69 Å². The Morgan fingerprint density at radius 3 is 2.95 bits per heavy atom. The summed E-state index contributed by atoms with van der Waals surface area (Å²) in [6, 6.07) is 6.95. The number of nitro groups is 1. The van der Waals surface area contributed by atoms with Gasteiger partial charge in [0.15, 0.2) is 0 Å². The van der Waals surface area contributed by atoms with Gasteiger partial charge >= 0.3 is 0 Å². The Labute approximate surface area is 124 Å². The Balaban J connectivity index is 2.10. The van der Waals surface area contributed by atoms with Gasteiger partial charge in [0.05, 0.1) is 21.2 Å². The molecule has 0 amide bonds. The fraction of sp³-hybridized carbons (Fsp3) is 0.286. The number of fused-ring (bicyclic) bond motifs is 1. The third-order valence-corrected chi connectivity index (χ3v) is 4.35. The Hall–Kier alpha value is -1.66. The highest BCUT2D eigenvalue weighted by Gasteiger charge is 2.22. The summed E-state index contributed by atoms with van der Waals surface area (Å²) in [4.78, 5) is 10.6. The van der Waals surface area contributed by atoms with E-state index in [9.17, 15) is 15.2 Å². The van der Waals surface area contributed by atoms with Gasteiger partial charge < -0.3 is 9.67 Å². The standard InChI is InChI=1S/C14H13BrN2O3/c15-11-5-4-9(8-13(11)17(19)20)16-7-6-10-12(16)2-1-3-14(10)18/h4-8,14,18H,1-3H2. The molecule has 0 saturated carbocycles. The number of nitro benzene ring substituents is 1. The molecule has 1 N–H and O–H groups in total. The molecule has 1 aliphatic rings. The lowest BCUT2D eigenvalue weighted by Gasteiger charge is -2.20. The number of rotatable bonds is 2. The largest absolute Gasteiger partial charge is 0.388 e. The van der Waals surface area contributed by atoms with Crippen LogP contribution in [0.15, 0.2) is 34.9 Å². The number of halogens is 1. The van der Waals surface area contributed by atoms with Crippen molar-refractivity contribution in [3.63, 3.8) is 0 Å². The van der Waals surface area contributed by atoms with Crippen molar-refractivity contribution in [2.24, 2.45) is 0 Å². The van der Waals surface area contributed by atoms with Crippen LogP contribution in [0.3, 0.4) is 0 Å². The molecule has 0 fully saturated rings. The van der Waals surface area contributed by atoms with Gasteiger partial charge in [0.2, 0.25) is 0 Å². The minimum absolute atomic E-state index is 0.0429. The highest BCUT2D eigenvalue weighted by atomic mass is 79.9. The van der Waals surface area contributed by atoms with Crippen LogP contribution in [0.4, 0.5) is 5.69 Å². The van der Waals surface area contributed by atoms with E-state index in [-0.39, 0.29) is 5.69 Å². The van der Waals surface area contributed by atoms with Crippen molar-refractivity contribution in [1.29, 1.82) is 0 Å². The van der Waals surface area contributed by atoms with E-state index in [1.165, 1.54) is 0 Å². The van der Waals surface area contributed by atoms with Crippen molar-refractivity contribution >= 4 is 21.6 Å². The summed E-state index contributed by atoms with van der Waals surface area (Å²) in [6.07, 6.45) is 4.02.